The Balaban J connectivity index is 2.05. The summed E-state index contributed by atoms with van der Waals surface area (Å²) >= 11 is 2.43. The molecule has 1 N–H and O–H groups in total. The normalized spacial score (nSPS) is 13.0. The van der Waals surface area contributed by atoms with Crippen molar-refractivity contribution in [3.63, 3.8) is 0 Å². The Morgan fingerprint density at radius 3 is 2.71 bits per heavy atom. The molecule has 0 aromatic carbocycles. The summed E-state index contributed by atoms with van der Waals surface area (Å²) in [6, 6.07) is 4.64. The van der Waals surface area contributed by atoms with Gasteiger partial charge in [0.05, 0.1) is 12.0 Å². The molecule has 0 unspecified atom stereocenters. The van der Waals surface area contributed by atoms with Crippen LogP contribution in [0, 0.1) is 0 Å². The molecule has 5 nitrogen and oxygen atoms in total. The van der Waals surface area contributed by atoms with Gasteiger partial charge in [0.1, 0.15) is 5.75 Å². The highest BCUT2D eigenvalue weighted by molar-refractivity contribution is 7.91. The van der Waals surface area contributed by atoms with Crippen LogP contribution < -0.4 is 9.46 Å². The summed E-state index contributed by atoms with van der Waals surface area (Å²) < 4.78 is 32.2. The molecule has 0 bridgehead atoms. The van der Waals surface area contributed by atoms with E-state index in [1.807, 2.05) is 5.38 Å². The lowest BCUT2D eigenvalue weighted by molar-refractivity contribution is 0.0979. The smallest absolute Gasteiger partial charge is 0.254 e. The van der Waals surface area contributed by atoms with Crippen LogP contribution in [0.25, 0.3) is 0 Å². The van der Waals surface area contributed by atoms with E-state index in [1.165, 1.54) is 18.4 Å². The van der Waals surface area contributed by atoms with Gasteiger partial charge in [0.2, 0.25) is 0 Å². The van der Waals surface area contributed by atoms with Crippen LogP contribution in [0.1, 0.15) is 23.0 Å². The molecule has 0 aliphatic heterocycles. The molecule has 0 saturated carbocycles. The number of ketones is 1. The summed E-state index contributed by atoms with van der Waals surface area (Å²) in [6.45, 7) is 1.67. The van der Waals surface area contributed by atoms with Crippen LogP contribution in [0.4, 0.5) is 0 Å². The Morgan fingerprint density at radius 1 is 1.33 bits per heavy atom. The molecule has 114 valence electrons. The zero-order chi connectivity index (χ0) is 15.5. The topological polar surface area (TPSA) is 72.5 Å². The number of ether oxygens (including phenoxy) is 1. The van der Waals surface area contributed by atoms with E-state index in [9.17, 15) is 13.2 Å². The Bertz CT molecular complexity index is 704. The highest BCUT2D eigenvalue weighted by Gasteiger charge is 2.24. The fourth-order valence-corrected chi connectivity index (χ4v) is 5.02. The van der Waals surface area contributed by atoms with Gasteiger partial charge < -0.3 is 4.74 Å². The predicted molar refractivity (Wildman–Crippen MR) is 83.9 cm³/mol. The van der Waals surface area contributed by atoms with E-state index in [-0.39, 0.29) is 16.4 Å². The van der Waals surface area contributed by atoms with Crippen molar-refractivity contribution >= 4 is 38.5 Å². The lowest BCUT2D eigenvalue weighted by atomic mass is 10.1. The summed E-state index contributed by atoms with van der Waals surface area (Å²) in [4.78, 5) is 12.6. The van der Waals surface area contributed by atoms with Crippen molar-refractivity contribution in [3.05, 3.63) is 33.8 Å². The molecule has 8 heteroatoms. The van der Waals surface area contributed by atoms with E-state index in [1.54, 1.807) is 30.5 Å². The quantitative estimate of drug-likeness (QED) is 0.783. The number of carbonyl (C=O) groups excluding carboxylic acids is 1. The van der Waals surface area contributed by atoms with E-state index < -0.39 is 16.1 Å². The van der Waals surface area contributed by atoms with Gasteiger partial charge in [-0.15, -0.1) is 22.7 Å². The molecule has 2 rings (SSSR count). The Morgan fingerprint density at radius 2 is 2.10 bits per heavy atom. The number of Topliss-reactive ketones (excluding diaryl/α,β-unsaturated/α-hetero) is 1. The summed E-state index contributed by atoms with van der Waals surface area (Å²) in [7, 11) is -2.26. The lowest BCUT2D eigenvalue weighted by Crippen LogP contribution is -2.33. The largest absolute Gasteiger partial charge is 0.494 e. The van der Waals surface area contributed by atoms with Gasteiger partial charge in [-0.05, 0) is 29.8 Å². The lowest BCUT2D eigenvalue weighted by Gasteiger charge is -2.13. The van der Waals surface area contributed by atoms with Crippen LogP contribution in [0.15, 0.2) is 33.2 Å². The number of nitrogens with one attached hydrogen (secondary N) is 1. The van der Waals surface area contributed by atoms with Crippen LogP contribution >= 0.6 is 22.7 Å². The molecule has 0 saturated heterocycles. The van der Waals surface area contributed by atoms with Crippen LogP contribution in [-0.4, -0.2) is 27.4 Å². The second kappa shape index (κ2) is 6.69. The fourth-order valence-electron chi connectivity index (χ4n) is 1.81. The van der Waals surface area contributed by atoms with Gasteiger partial charge in [0.15, 0.2) is 9.99 Å². The van der Waals surface area contributed by atoms with Crippen LogP contribution in [-0.2, 0) is 10.0 Å². The standard InChI is InChI=1S/C13H15NO4S3/c1-9(8-10(15)12-4-3-6-19-12)14-21(16,17)13-11(18-2)5-7-20-13/h3-7,9,14H,8H2,1-2H3/t9-/m0/s1. The maximum absolute atomic E-state index is 12.3. The maximum atomic E-state index is 12.3. The molecule has 0 radical (unpaired) electrons. The molecular formula is C13H15NO4S3. The zero-order valence-corrected chi connectivity index (χ0v) is 14.0. The first-order chi connectivity index (χ1) is 9.94. The van der Waals surface area contributed by atoms with Gasteiger partial charge in [-0.2, -0.15) is 0 Å². The molecule has 0 fully saturated rings. The molecule has 2 heterocycles. The number of sulfonamides is 1. The van der Waals surface area contributed by atoms with Gasteiger partial charge in [-0.1, -0.05) is 6.07 Å². The zero-order valence-electron chi connectivity index (χ0n) is 11.5. The van der Waals surface area contributed by atoms with Crippen LogP contribution in [0.3, 0.4) is 0 Å². The first-order valence-electron chi connectivity index (χ1n) is 6.14. The van der Waals surface area contributed by atoms with E-state index in [0.717, 1.165) is 11.3 Å². The van der Waals surface area contributed by atoms with Crippen molar-refractivity contribution < 1.29 is 17.9 Å². The van der Waals surface area contributed by atoms with Crippen LogP contribution in [0.2, 0.25) is 0 Å². The van der Waals surface area contributed by atoms with Gasteiger partial charge in [-0.3, -0.25) is 4.79 Å². The second-order valence-electron chi connectivity index (χ2n) is 4.40. The van der Waals surface area contributed by atoms with E-state index in [4.69, 9.17) is 4.74 Å². The van der Waals surface area contributed by atoms with Gasteiger partial charge >= 0.3 is 0 Å². The van der Waals surface area contributed by atoms with Crippen LogP contribution in [0.5, 0.6) is 5.75 Å². The van der Waals surface area contributed by atoms with Crippen molar-refractivity contribution in [2.75, 3.05) is 7.11 Å². The first-order valence-corrected chi connectivity index (χ1v) is 9.39. The van der Waals surface area contributed by atoms with Crippen molar-refractivity contribution in [1.29, 1.82) is 0 Å². The van der Waals surface area contributed by atoms with Gasteiger partial charge in [0, 0.05) is 12.5 Å². The molecule has 0 spiro atoms. The highest BCUT2D eigenvalue weighted by atomic mass is 32.2. The average Bonchev–Trinajstić information content (AvgIpc) is 3.09. The Hall–Kier alpha value is -1.22. The number of thiophene rings is 2. The maximum Gasteiger partial charge on any atom is 0.254 e. The molecule has 0 aliphatic carbocycles. The van der Waals surface area contributed by atoms with Gasteiger partial charge in [0.25, 0.3) is 10.0 Å². The van der Waals surface area contributed by atoms with Gasteiger partial charge in [-0.25, -0.2) is 13.1 Å². The van der Waals surface area contributed by atoms with Crippen molar-refractivity contribution in [1.82, 2.24) is 4.72 Å². The summed E-state index contributed by atoms with van der Waals surface area (Å²) in [5.74, 6) is 0.239. The summed E-state index contributed by atoms with van der Waals surface area (Å²) in [6.07, 6.45) is 0.118. The molecule has 1 atom stereocenters. The highest BCUT2D eigenvalue weighted by Crippen LogP contribution is 2.29. The summed E-state index contributed by atoms with van der Waals surface area (Å²) in [5.41, 5.74) is 0. The molecule has 2 aromatic rings. The minimum Gasteiger partial charge on any atom is -0.494 e. The second-order valence-corrected chi connectivity index (χ2v) is 8.18. The van der Waals surface area contributed by atoms with Crippen molar-refractivity contribution in [2.24, 2.45) is 0 Å². The van der Waals surface area contributed by atoms with Crippen molar-refractivity contribution in [3.8, 4) is 5.75 Å². The molecule has 0 amide bonds. The third kappa shape index (κ3) is 3.91. The number of rotatable bonds is 7. The minimum atomic E-state index is -3.68. The van der Waals surface area contributed by atoms with E-state index >= 15 is 0 Å². The Kier molecular flexibility index (Phi) is 5.15. The third-order valence-corrected chi connectivity index (χ3v) is 6.65. The average molecular weight is 345 g/mol. The number of carbonyl (C=O) groups is 1. The molecule has 0 aliphatic rings. The van der Waals surface area contributed by atoms with E-state index in [2.05, 4.69) is 4.72 Å². The molecule has 21 heavy (non-hydrogen) atoms. The minimum absolute atomic E-state index is 0.0710. The van der Waals surface area contributed by atoms with Crippen molar-refractivity contribution in [2.45, 2.75) is 23.6 Å². The first kappa shape index (κ1) is 16.2. The van der Waals surface area contributed by atoms with E-state index in [0.29, 0.717) is 10.6 Å². The third-order valence-electron chi connectivity index (χ3n) is 2.70. The SMILES string of the molecule is COc1ccsc1S(=O)(=O)N[C@@H](C)CC(=O)c1cccs1. The fraction of sp³-hybridized carbons (Fsp3) is 0.308. The Labute approximate surface area is 131 Å². The number of hydrogen-bond acceptors (Lipinski definition) is 6. The number of methoxy groups -OCH3 is 1. The molecule has 2 aromatic heterocycles. The monoisotopic (exact) mass is 345 g/mol. The summed E-state index contributed by atoms with van der Waals surface area (Å²) in [5, 5.41) is 3.47. The number of hydrogen-bond donors (Lipinski definition) is 1. The molecular weight excluding hydrogens is 330 g/mol. The predicted octanol–water partition coefficient (Wildman–Crippen LogP) is 2.76.